The van der Waals surface area contributed by atoms with E-state index in [9.17, 15) is 18.3 Å². The van der Waals surface area contributed by atoms with Gasteiger partial charge in [0.1, 0.15) is 12.4 Å². The standard InChI is InChI=1S/C21H29N3O5SSi/c1-14-9-17(30(27,28)19-11-18(21(25)26)23(3)15(19)2)10-16-12-22-24(20(14)16)13-29-7-8-31(4,5)6/h9-12H,7-8,13H2,1-6H3,(H,25,26). The zero-order chi connectivity index (χ0) is 23.1. The van der Waals surface area contributed by atoms with E-state index in [1.165, 1.54) is 10.6 Å². The van der Waals surface area contributed by atoms with Crippen molar-refractivity contribution in [2.45, 2.75) is 56.1 Å². The second-order valence-corrected chi connectivity index (χ2v) is 16.6. The number of benzene rings is 1. The van der Waals surface area contributed by atoms with Crippen molar-refractivity contribution in [1.29, 1.82) is 0 Å². The number of carboxylic acids is 1. The van der Waals surface area contributed by atoms with Gasteiger partial charge in [-0.15, -0.1) is 0 Å². The molecule has 2 aromatic heterocycles. The summed E-state index contributed by atoms with van der Waals surface area (Å²) in [5, 5.41) is 14.4. The van der Waals surface area contributed by atoms with Crippen molar-refractivity contribution >= 4 is 34.8 Å². The van der Waals surface area contributed by atoms with Crippen LogP contribution in [0.25, 0.3) is 10.9 Å². The van der Waals surface area contributed by atoms with Crippen LogP contribution in [0.4, 0.5) is 0 Å². The molecule has 3 aromatic rings. The number of sulfone groups is 1. The largest absolute Gasteiger partial charge is 0.477 e. The van der Waals surface area contributed by atoms with Crippen LogP contribution in [-0.4, -0.2) is 48.5 Å². The van der Waals surface area contributed by atoms with Crippen molar-refractivity contribution in [2.24, 2.45) is 7.05 Å². The van der Waals surface area contributed by atoms with Gasteiger partial charge in [0.15, 0.2) is 0 Å². The molecule has 0 saturated carbocycles. The molecule has 0 spiro atoms. The van der Waals surface area contributed by atoms with Gasteiger partial charge in [0.2, 0.25) is 9.84 Å². The summed E-state index contributed by atoms with van der Waals surface area (Å²) >= 11 is 0. The Kier molecular flexibility index (Phi) is 6.18. The molecular weight excluding hydrogens is 434 g/mol. The summed E-state index contributed by atoms with van der Waals surface area (Å²) in [6.07, 6.45) is 1.63. The number of carboxylic acid groups (broad SMARTS) is 1. The molecule has 31 heavy (non-hydrogen) atoms. The minimum atomic E-state index is -3.89. The lowest BCUT2D eigenvalue weighted by molar-refractivity contribution is 0.0686. The van der Waals surface area contributed by atoms with Gasteiger partial charge in [0.25, 0.3) is 0 Å². The first-order valence-electron chi connectivity index (χ1n) is 10.0. The van der Waals surface area contributed by atoms with Crippen molar-refractivity contribution in [3.05, 3.63) is 41.3 Å². The first-order chi connectivity index (χ1) is 14.3. The van der Waals surface area contributed by atoms with E-state index in [-0.39, 0.29) is 15.5 Å². The number of aromatic nitrogens is 3. The third kappa shape index (κ3) is 4.60. The molecule has 1 aromatic carbocycles. The fourth-order valence-electron chi connectivity index (χ4n) is 3.47. The number of nitrogens with zero attached hydrogens (tertiary/aromatic N) is 3. The summed E-state index contributed by atoms with van der Waals surface area (Å²) in [7, 11) is -3.53. The Morgan fingerprint density at radius 1 is 1.19 bits per heavy atom. The van der Waals surface area contributed by atoms with Gasteiger partial charge in [-0.05, 0) is 43.7 Å². The second-order valence-electron chi connectivity index (χ2n) is 9.02. The maximum absolute atomic E-state index is 13.3. The number of carbonyl (C=O) groups is 1. The van der Waals surface area contributed by atoms with Gasteiger partial charge in [0, 0.05) is 32.8 Å². The van der Waals surface area contributed by atoms with Gasteiger partial charge in [-0.1, -0.05) is 19.6 Å². The molecule has 2 heterocycles. The van der Waals surface area contributed by atoms with E-state index in [2.05, 4.69) is 24.7 Å². The smallest absolute Gasteiger partial charge is 0.352 e. The normalized spacial score (nSPS) is 12.6. The fraction of sp³-hybridized carbons (Fsp3) is 0.429. The molecule has 0 saturated heterocycles. The average molecular weight is 464 g/mol. The molecular formula is C21H29N3O5SSi. The highest BCUT2D eigenvalue weighted by Gasteiger charge is 2.27. The first kappa shape index (κ1) is 23.2. The van der Waals surface area contributed by atoms with Crippen LogP contribution in [0.2, 0.25) is 25.7 Å². The molecule has 10 heteroatoms. The Hall–Kier alpha value is -2.43. The maximum atomic E-state index is 13.3. The molecule has 168 valence electrons. The number of fused-ring (bicyclic) bond motifs is 1. The lowest BCUT2D eigenvalue weighted by Crippen LogP contribution is -2.22. The average Bonchev–Trinajstić information content (AvgIpc) is 3.20. The molecule has 0 amide bonds. The van der Waals surface area contributed by atoms with E-state index in [4.69, 9.17) is 4.74 Å². The highest BCUT2D eigenvalue weighted by molar-refractivity contribution is 7.91. The molecule has 0 aliphatic rings. The monoisotopic (exact) mass is 463 g/mol. The van der Waals surface area contributed by atoms with Crippen molar-refractivity contribution in [2.75, 3.05) is 6.61 Å². The Morgan fingerprint density at radius 3 is 2.45 bits per heavy atom. The quantitative estimate of drug-likeness (QED) is 0.402. The predicted molar refractivity (Wildman–Crippen MR) is 121 cm³/mol. The molecule has 0 atom stereocenters. The van der Waals surface area contributed by atoms with Crippen LogP contribution in [0.1, 0.15) is 21.7 Å². The van der Waals surface area contributed by atoms with Crippen molar-refractivity contribution in [1.82, 2.24) is 14.3 Å². The SMILES string of the molecule is Cc1cc(S(=O)(=O)c2cc(C(=O)O)n(C)c2C)cc2cnn(COCC[Si](C)(C)C)c12. The maximum Gasteiger partial charge on any atom is 0.352 e. The number of rotatable bonds is 8. The van der Waals surface area contributed by atoms with Crippen LogP contribution in [0.3, 0.4) is 0 Å². The summed E-state index contributed by atoms with van der Waals surface area (Å²) in [6.45, 7) is 11.3. The number of hydrogen-bond donors (Lipinski definition) is 1. The Balaban J connectivity index is 1.95. The highest BCUT2D eigenvalue weighted by atomic mass is 32.2. The predicted octanol–water partition coefficient (Wildman–Crippen LogP) is 3.83. The van der Waals surface area contributed by atoms with E-state index in [1.54, 1.807) is 37.0 Å². The van der Waals surface area contributed by atoms with E-state index < -0.39 is 23.9 Å². The lowest BCUT2D eigenvalue weighted by Gasteiger charge is -2.15. The zero-order valence-electron chi connectivity index (χ0n) is 18.8. The minimum absolute atomic E-state index is 0.00628. The minimum Gasteiger partial charge on any atom is -0.477 e. The van der Waals surface area contributed by atoms with E-state index in [0.717, 1.165) is 17.1 Å². The van der Waals surface area contributed by atoms with E-state index >= 15 is 0 Å². The van der Waals surface area contributed by atoms with E-state index in [0.29, 0.717) is 24.4 Å². The Labute approximate surface area is 183 Å². The van der Waals surface area contributed by atoms with E-state index in [1.807, 2.05) is 6.92 Å². The molecule has 0 bridgehead atoms. The van der Waals surface area contributed by atoms with Crippen molar-refractivity contribution in [3.63, 3.8) is 0 Å². The van der Waals surface area contributed by atoms with Gasteiger partial charge in [-0.2, -0.15) is 5.10 Å². The topological polar surface area (TPSA) is 103 Å². The third-order valence-electron chi connectivity index (χ3n) is 5.42. The molecule has 0 aliphatic heterocycles. The number of aromatic carboxylic acids is 1. The fourth-order valence-corrected chi connectivity index (χ4v) is 5.89. The van der Waals surface area contributed by atoms with Crippen molar-refractivity contribution in [3.8, 4) is 0 Å². The number of aryl methyl sites for hydroxylation is 1. The van der Waals surface area contributed by atoms with Crippen LogP contribution in [0.15, 0.2) is 34.2 Å². The molecule has 0 aliphatic carbocycles. The summed E-state index contributed by atoms with van der Waals surface area (Å²) in [4.78, 5) is 11.5. The zero-order valence-corrected chi connectivity index (χ0v) is 20.6. The summed E-state index contributed by atoms with van der Waals surface area (Å²) in [5.41, 5.74) is 1.89. The van der Waals surface area contributed by atoms with Gasteiger partial charge >= 0.3 is 5.97 Å². The Bertz CT molecular complexity index is 1250. The van der Waals surface area contributed by atoms with Crippen LogP contribution >= 0.6 is 0 Å². The summed E-state index contributed by atoms with van der Waals surface area (Å²) in [6, 6.07) is 5.45. The number of ether oxygens (including phenoxy) is 1. The van der Waals surface area contributed by atoms with Crippen LogP contribution < -0.4 is 0 Å². The molecule has 1 N–H and O–H groups in total. The Morgan fingerprint density at radius 2 is 1.87 bits per heavy atom. The molecule has 8 nitrogen and oxygen atoms in total. The van der Waals surface area contributed by atoms with Crippen LogP contribution in [0.5, 0.6) is 0 Å². The number of hydrogen-bond acceptors (Lipinski definition) is 5. The van der Waals surface area contributed by atoms with Gasteiger partial charge in [0.05, 0.1) is 21.5 Å². The molecule has 0 unspecified atom stereocenters. The highest BCUT2D eigenvalue weighted by Crippen LogP contribution is 2.30. The third-order valence-corrected chi connectivity index (χ3v) is 8.97. The molecule has 0 fully saturated rings. The second kappa shape index (κ2) is 8.25. The van der Waals surface area contributed by atoms with Crippen LogP contribution in [-0.2, 0) is 28.4 Å². The molecule has 3 rings (SSSR count). The van der Waals surface area contributed by atoms with Gasteiger partial charge < -0.3 is 14.4 Å². The molecule has 0 radical (unpaired) electrons. The van der Waals surface area contributed by atoms with Crippen LogP contribution in [0, 0.1) is 13.8 Å². The lowest BCUT2D eigenvalue weighted by atomic mass is 10.2. The van der Waals surface area contributed by atoms with Gasteiger partial charge in [-0.25, -0.2) is 17.9 Å². The van der Waals surface area contributed by atoms with Crippen molar-refractivity contribution < 1.29 is 23.1 Å². The first-order valence-corrected chi connectivity index (χ1v) is 15.2. The summed E-state index contributed by atoms with van der Waals surface area (Å²) in [5.74, 6) is -1.17. The van der Waals surface area contributed by atoms with Gasteiger partial charge in [-0.3, -0.25) is 0 Å². The summed E-state index contributed by atoms with van der Waals surface area (Å²) < 4.78 is 35.5.